The zero-order chi connectivity index (χ0) is 14.4. The Balaban J connectivity index is 1.77. The number of hydrogen-bond acceptors (Lipinski definition) is 3. The number of carbonyl (C=O) groups excluding carboxylic acids is 2. The quantitative estimate of drug-likeness (QED) is 0.726. The first-order valence-corrected chi connectivity index (χ1v) is 6.28. The van der Waals surface area contributed by atoms with Crippen molar-refractivity contribution in [3.63, 3.8) is 0 Å². The maximum atomic E-state index is 11.6. The number of nitrogens with one attached hydrogen (secondary N) is 3. The van der Waals surface area contributed by atoms with Gasteiger partial charge in [-0.3, -0.25) is 9.59 Å². The minimum Gasteiger partial charge on any atom is -0.348 e. The topological polar surface area (TPSA) is 86.9 Å². The Morgan fingerprint density at radius 1 is 1.20 bits per heavy atom. The SMILES string of the molecule is Cc1ccc(NC(=O)C(=O)NCCc2cnc[nH]2)cc1. The van der Waals surface area contributed by atoms with Gasteiger partial charge in [-0.15, -0.1) is 0 Å². The molecule has 104 valence electrons. The van der Waals surface area contributed by atoms with E-state index >= 15 is 0 Å². The molecule has 1 heterocycles. The van der Waals surface area contributed by atoms with Crippen molar-refractivity contribution in [3.05, 3.63) is 48.0 Å². The Labute approximate surface area is 116 Å². The molecule has 20 heavy (non-hydrogen) atoms. The summed E-state index contributed by atoms with van der Waals surface area (Å²) in [7, 11) is 0. The summed E-state index contributed by atoms with van der Waals surface area (Å²) in [4.78, 5) is 30.0. The largest absolute Gasteiger partial charge is 0.348 e. The van der Waals surface area contributed by atoms with Crippen LogP contribution in [0.15, 0.2) is 36.8 Å². The molecule has 0 saturated carbocycles. The highest BCUT2D eigenvalue weighted by atomic mass is 16.2. The fourth-order valence-corrected chi connectivity index (χ4v) is 1.64. The van der Waals surface area contributed by atoms with Crippen LogP contribution in [0.2, 0.25) is 0 Å². The number of benzene rings is 1. The first kappa shape index (κ1) is 13.8. The molecular weight excluding hydrogens is 256 g/mol. The molecule has 0 aliphatic heterocycles. The van der Waals surface area contributed by atoms with Gasteiger partial charge in [0.15, 0.2) is 0 Å². The van der Waals surface area contributed by atoms with Crippen LogP contribution in [0.25, 0.3) is 0 Å². The normalized spacial score (nSPS) is 10.1. The Morgan fingerprint density at radius 2 is 1.95 bits per heavy atom. The minimum atomic E-state index is -0.668. The molecule has 1 aromatic carbocycles. The lowest BCUT2D eigenvalue weighted by molar-refractivity contribution is -0.136. The van der Waals surface area contributed by atoms with E-state index < -0.39 is 11.8 Å². The number of nitrogens with zero attached hydrogens (tertiary/aromatic N) is 1. The lowest BCUT2D eigenvalue weighted by Crippen LogP contribution is -2.36. The highest BCUT2D eigenvalue weighted by molar-refractivity contribution is 6.39. The van der Waals surface area contributed by atoms with E-state index in [0.717, 1.165) is 11.3 Å². The van der Waals surface area contributed by atoms with Gasteiger partial charge in [0.2, 0.25) is 0 Å². The molecule has 2 aromatic rings. The lowest BCUT2D eigenvalue weighted by Gasteiger charge is -2.06. The van der Waals surface area contributed by atoms with E-state index in [1.54, 1.807) is 24.7 Å². The third-order valence-electron chi connectivity index (χ3n) is 2.75. The predicted molar refractivity (Wildman–Crippen MR) is 75.1 cm³/mol. The molecule has 0 saturated heterocycles. The van der Waals surface area contributed by atoms with Gasteiger partial charge in [-0.1, -0.05) is 17.7 Å². The van der Waals surface area contributed by atoms with Crippen LogP contribution in [0.4, 0.5) is 5.69 Å². The molecule has 0 bridgehead atoms. The molecule has 6 heteroatoms. The first-order valence-electron chi connectivity index (χ1n) is 6.28. The number of hydrogen-bond donors (Lipinski definition) is 3. The number of carbonyl (C=O) groups is 2. The number of imidazole rings is 1. The van der Waals surface area contributed by atoms with Crippen LogP contribution < -0.4 is 10.6 Å². The summed E-state index contributed by atoms with van der Waals surface area (Å²) in [5.41, 5.74) is 2.60. The van der Waals surface area contributed by atoms with Crippen LogP contribution in [-0.2, 0) is 16.0 Å². The average molecular weight is 272 g/mol. The highest BCUT2D eigenvalue weighted by Gasteiger charge is 2.12. The molecule has 6 nitrogen and oxygen atoms in total. The van der Waals surface area contributed by atoms with Gasteiger partial charge >= 0.3 is 11.8 Å². The second-order valence-corrected chi connectivity index (χ2v) is 4.40. The molecular formula is C14H16N4O2. The van der Waals surface area contributed by atoms with Crippen molar-refractivity contribution in [2.24, 2.45) is 0 Å². The minimum absolute atomic E-state index is 0.377. The number of anilines is 1. The van der Waals surface area contributed by atoms with Crippen molar-refractivity contribution >= 4 is 17.5 Å². The Hall–Kier alpha value is -2.63. The summed E-state index contributed by atoms with van der Waals surface area (Å²) in [5.74, 6) is -1.32. The van der Waals surface area contributed by atoms with Gasteiger partial charge in [-0.2, -0.15) is 0 Å². The maximum absolute atomic E-state index is 11.6. The molecule has 0 radical (unpaired) electrons. The number of rotatable bonds is 4. The van der Waals surface area contributed by atoms with Crippen molar-refractivity contribution in [3.8, 4) is 0 Å². The van der Waals surface area contributed by atoms with E-state index in [1.807, 2.05) is 19.1 Å². The molecule has 2 amide bonds. The van der Waals surface area contributed by atoms with Crippen molar-refractivity contribution in [2.75, 3.05) is 11.9 Å². The lowest BCUT2D eigenvalue weighted by atomic mass is 10.2. The van der Waals surface area contributed by atoms with Gasteiger partial charge in [0.05, 0.1) is 6.33 Å². The van der Waals surface area contributed by atoms with Gasteiger partial charge in [-0.05, 0) is 19.1 Å². The van der Waals surface area contributed by atoms with Crippen LogP contribution >= 0.6 is 0 Å². The van der Waals surface area contributed by atoms with Crippen LogP contribution in [0.5, 0.6) is 0 Å². The van der Waals surface area contributed by atoms with E-state index in [2.05, 4.69) is 20.6 Å². The van der Waals surface area contributed by atoms with Crippen LogP contribution in [0, 0.1) is 6.92 Å². The molecule has 2 rings (SSSR count). The van der Waals surface area contributed by atoms with E-state index in [0.29, 0.717) is 18.7 Å². The number of amides is 2. The number of aryl methyl sites for hydroxylation is 1. The van der Waals surface area contributed by atoms with Gasteiger partial charge in [0.1, 0.15) is 0 Å². The molecule has 0 spiro atoms. The molecule has 0 atom stereocenters. The zero-order valence-corrected chi connectivity index (χ0v) is 11.1. The monoisotopic (exact) mass is 272 g/mol. The van der Waals surface area contributed by atoms with Gasteiger partial charge < -0.3 is 15.6 Å². The molecule has 1 aromatic heterocycles. The summed E-state index contributed by atoms with van der Waals surface area (Å²) in [6.07, 6.45) is 3.85. The van der Waals surface area contributed by atoms with E-state index in [9.17, 15) is 9.59 Å². The molecule has 0 aliphatic carbocycles. The van der Waals surface area contributed by atoms with E-state index in [-0.39, 0.29) is 0 Å². The number of H-pyrrole nitrogens is 1. The Kier molecular flexibility index (Phi) is 4.49. The second kappa shape index (κ2) is 6.51. The Morgan fingerprint density at radius 3 is 2.60 bits per heavy atom. The third kappa shape index (κ3) is 3.94. The van der Waals surface area contributed by atoms with Crippen molar-refractivity contribution < 1.29 is 9.59 Å². The summed E-state index contributed by atoms with van der Waals surface area (Å²) in [6, 6.07) is 7.24. The summed E-state index contributed by atoms with van der Waals surface area (Å²) in [5, 5.41) is 5.10. The van der Waals surface area contributed by atoms with Crippen LogP contribution in [-0.4, -0.2) is 28.3 Å². The zero-order valence-electron chi connectivity index (χ0n) is 11.1. The van der Waals surface area contributed by atoms with Crippen molar-refractivity contribution in [1.82, 2.24) is 15.3 Å². The van der Waals surface area contributed by atoms with Gasteiger partial charge in [0, 0.05) is 30.5 Å². The fourth-order valence-electron chi connectivity index (χ4n) is 1.64. The molecule has 0 fully saturated rings. The predicted octanol–water partition coefficient (Wildman–Crippen LogP) is 1.02. The molecule has 3 N–H and O–H groups in total. The number of aromatic nitrogens is 2. The Bertz CT molecular complexity index is 576. The molecule has 0 aliphatic rings. The summed E-state index contributed by atoms with van der Waals surface area (Å²) >= 11 is 0. The first-order chi connectivity index (χ1) is 9.65. The highest BCUT2D eigenvalue weighted by Crippen LogP contribution is 2.08. The van der Waals surface area contributed by atoms with Crippen molar-refractivity contribution in [2.45, 2.75) is 13.3 Å². The number of aromatic amines is 1. The van der Waals surface area contributed by atoms with Crippen molar-refractivity contribution in [1.29, 1.82) is 0 Å². The third-order valence-corrected chi connectivity index (χ3v) is 2.75. The maximum Gasteiger partial charge on any atom is 0.313 e. The van der Waals surface area contributed by atoms with Gasteiger partial charge in [0.25, 0.3) is 0 Å². The smallest absolute Gasteiger partial charge is 0.313 e. The van der Waals surface area contributed by atoms with Crippen LogP contribution in [0.3, 0.4) is 0 Å². The van der Waals surface area contributed by atoms with Gasteiger partial charge in [-0.25, -0.2) is 4.98 Å². The van der Waals surface area contributed by atoms with Crippen LogP contribution in [0.1, 0.15) is 11.3 Å². The standard InChI is InChI=1S/C14H16N4O2/c1-10-2-4-11(5-3-10)18-14(20)13(19)16-7-6-12-8-15-9-17-12/h2-5,8-9H,6-7H2,1H3,(H,15,17)(H,16,19)(H,18,20). The van der Waals surface area contributed by atoms with E-state index in [1.165, 1.54) is 0 Å². The summed E-state index contributed by atoms with van der Waals surface area (Å²) < 4.78 is 0. The molecule has 0 unspecified atom stereocenters. The average Bonchev–Trinajstić information content (AvgIpc) is 2.94. The van der Waals surface area contributed by atoms with E-state index in [4.69, 9.17) is 0 Å². The second-order valence-electron chi connectivity index (χ2n) is 4.40. The fraction of sp³-hybridized carbons (Fsp3) is 0.214. The summed E-state index contributed by atoms with van der Waals surface area (Å²) in [6.45, 7) is 2.33.